The number of nitrogens with zero attached hydrogens (tertiary/aromatic N) is 2. The van der Waals surface area contributed by atoms with Gasteiger partial charge in [0.1, 0.15) is 11.8 Å². The van der Waals surface area contributed by atoms with E-state index in [1.54, 1.807) is 12.1 Å². The van der Waals surface area contributed by atoms with E-state index in [0.717, 1.165) is 9.99 Å². The highest BCUT2D eigenvalue weighted by Crippen LogP contribution is 2.25. The molecule has 88 valence electrons. The van der Waals surface area contributed by atoms with Gasteiger partial charge in [-0.25, -0.2) is 0 Å². The van der Waals surface area contributed by atoms with Gasteiger partial charge in [0.15, 0.2) is 0 Å². The first-order valence-electron chi connectivity index (χ1n) is 5.32. The number of amides is 1. The third-order valence-corrected chi connectivity index (χ3v) is 3.52. The van der Waals surface area contributed by atoms with Gasteiger partial charge in [-0.05, 0) is 53.6 Å². The zero-order valence-corrected chi connectivity index (χ0v) is 11.2. The molecule has 0 aromatic heterocycles. The van der Waals surface area contributed by atoms with Gasteiger partial charge in [-0.2, -0.15) is 5.26 Å². The number of phenolic OH excluding ortho intramolecular Hbond substituents is 1. The molecule has 1 saturated heterocycles. The molecule has 1 aliphatic heterocycles. The van der Waals surface area contributed by atoms with Crippen LogP contribution >= 0.6 is 22.6 Å². The quantitative estimate of drug-likeness (QED) is 0.796. The SMILES string of the molecule is N#CC1CCCN1C(=O)c1cc(I)ccc1O. The van der Waals surface area contributed by atoms with Crippen LogP contribution in [0.15, 0.2) is 18.2 Å². The van der Waals surface area contributed by atoms with Gasteiger partial charge in [0.2, 0.25) is 0 Å². The Bertz CT molecular complexity index is 496. The summed E-state index contributed by atoms with van der Waals surface area (Å²) in [5.41, 5.74) is 0.277. The third-order valence-electron chi connectivity index (χ3n) is 2.85. The molecule has 1 amide bonds. The van der Waals surface area contributed by atoms with Crippen molar-refractivity contribution in [1.29, 1.82) is 5.26 Å². The number of likely N-dealkylation sites (tertiary alicyclic amines) is 1. The number of hydrogen-bond donors (Lipinski definition) is 1. The summed E-state index contributed by atoms with van der Waals surface area (Å²) in [6.45, 7) is 0.585. The summed E-state index contributed by atoms with van der Waals surface area (Å²) < 4.78 is 0.886. The van der Waals surface area contributed by atoms with Crippen LogP contribution < -0.4 is 0 Å². The molecule has 0 aliphatic carbocycles. The van der Waals surface area contributed by atoms with E-state index in [1.165, 1.54) is 11.0 Å². The van der Waals surface area contributed by atoms with Gasteiger partial charge in [-0.1, -0.05) is 0 Å². The van der Waals surface area contributed by atoms with Gasteiger partial charge in [-0.3, -0.25) is 4.79 Å². The second-order valence-electron chi connectivity index (χ2n) is 3.95. The van der Waals surface area contributed by atoms with Crippen LogP contribution in [0.2, 0.25) is 0 Å². The number of halogens is 1. The van der Waals surface area contributed by atoms with E-state index in [1.807, 2.05) is 0 Å². The highest BCUT2D eigenvalue weighted by molar-refractivity contribution is 14.1. The Labute approximate surface area is 113 Å². The fourth-order valence-corrected chi connectivity index (χ4v) is 2.47. The van der Waals surface area contributed by atoms with E-state index in [2.05, 4.69) is 28.7 Å². The predicted molar refractivity (Wildman–Crippen MR) is 70.5 cm³/mol. The largest absolute Gasteiger partial charge is 0.507 e. The molecule has 0 saturated carbocycles. The summed E-state index contributed by atoms with van der Waals surface area (Å²) in [4.78, 5) is 13.7. The molecule has 2 rings (SSSR count). The van der Waals surface area contributed by atoms with Crippen molar-refractivity contribution in [2.75, 3.05) is 6.54 Å². The summed E-state index contributed by atoms with van der Waals surface area (Å²) in [6, 6.07) is 6.64. The molecule has 1 unspecified atom stereocenters. The molecule has 0 radical (unpaired) electrons. The minimum absolute atomic E-state index is 0.0287. The summed E-state index contributed by atoms with van der Waals surface area (Å²) in [6.07, 6.45) is 1.56. The normalized spacial score (nSPS) is 19.1. The molecular formula is C12H11IN2O2. The van der Waals surface area contributed by atoms with Crippen LogP contribution in [0.25, 0.3) is 0 Å². The molecule has 5 heteroatoms. The lowest BCUT2D eigenvalue weighted by molar-refractivity contribution is 0.0762. The molecule has 1 aliphatic rings. The van der Waals surface area contributed by atoms with Crippen molar-refractivity contribution < 1.29 is 9.90 Å². The molecule has 1 N–H and O–H groups in total. The number of carbonyl (C=O) groups is 1. The fourth-order valence-electron chi connectivity index (χ4n) is 1.98. The molecule has 0 bridgehead atoms. The van der Waals surface area contributed by atoms with E-state index in [9.17, 15) is 9.90 Å². The maximum Gasteiger partial charge on any atom is 0.258 e. The van der Waals surface area contributed by atoms with Crippen molar-refractivity contribution in [2.45, 2.75) is 18.9 Å². The van der Waals surface area contributed by atoms with E-state index >= 15 is 0 Å². The molecule has 1 aromatic carbocycles. The first kappa shape index (κ1) is 12.2. The lowest BCUT2D eigenvalue weighted by Gasteiger charge is -2.20. The monoisotopic (exact) mass is 342 g/mol. The number of hydrogen-bond acceptors (Lipinski definition) is 3. The van der Waals surface area contributed by atoms with Crippen LogP contribution in [-0.4, -0.2) is 28.5 Å². The lowest BCUT2D eigenvalue weighted by Crippen LogP contribution is -2.34. The Balaban J connectivity index is 2.31. The maximum atomic E-state index is 12.2. The van der Waals surface area contributed by atoms with E-state index in [4.69, 9.17) is 5.26 Å². The number of nitriles is 1. The van der Waals surface area contributed by atoms with Gasteiger partial charge in [0.25, 0.3) is 5.91 Å². The van der Waals surface area contributed by atoms with Gasteiger partial charge in [-0.15, -0.1) is 0 Å². The van der Waals surface area contributed by atoms with Crippen molar-refractivity contribution in [3.63, 3.8) is 0 Å². The molecule has 1 atom stereocenters. The predicted octanol–water partition coefficient (Wildman–Crippen LogP) is 2.12. The Morgan fingerprint density at radius 2 is 2.35 bits per heavy atom. The summed E-state index contributed by atoms with van der Waals surface area (Å²) in [5, 5.41) is 18.6. The minimum Gasteiger partial charge on any atom is -0.507 e. The van der Waals surface area contributed by atoms with Crippen molar-refractivity contribution >= 4 is 28.5 Å². The number of carbonyl (C=O) groups excluding carboxylic acids is 1. The van der Waals surface area contributed by atoms with Crippen LogP contribution in [0.4, 0.5) is 0 Å². The Morgan fingerprint density at radius 1 is 1.59 bits per heavy atom. The van der Waals surface area contributed by atoms with Gasteiger partial charge < -0.3 is 10.0 Å². The second kappa shape index (κ2) is 4.92. The van der Waals surface area contributed by atoms with Crippen LogP contribution in [0, 0.1) is 14.9 Å². The molecule has 4 nitrogen and oxygen atoms in total. The zero-order chi connectivity index (χ0) is 12.4. The average Bonchev–Trinajstić information content (AvgIpc) is 2.79. The van der Waals surface area contributed by atoms with Crippen molar-refractivity contribution in [1.82, 2.24) is 4.90 Å². The number of benzene rings is 1. The first-order chi connectivity index (χ1) is 8.13. The molecule has 17 heavy (non-hydrogen) atoms. The van der Waals surface area contributed by atoms with Crippen LogP contribution in [0.3, 0.4) is 0 Å². The summed E-state index contributed by atoms with van der Waals surface area (Å²) >= 11 is 2.09. The maximum absolute atomic E-state index is 12.2. The third kappa shape index (κ3) is 2.36. The van der Waals surface area contributed by atoms with E-state index < -0.39 is 0 Å². The number of rotatable bonds is 1. The fraction of sp³-hybridized carbons (Fsp3) is 0.333. The molecule has 1 aromatic rings. The molecule has 1 heterocycles. The summed E-state index contributed by atoms with van der Waals surface area (Å²) in [7, 11) is 0. The molecule has 0 spiro atoms. The Kier molecular flexibility index (Phi) is 3.52. The second-order valence-corrected chi connectivity index (χ2v) is 5.19. The molecular weight excluding hydrogens is 331 g/mol. The smallest absolute Gasteiger partial charge is 0.258 e. The Hall–Kier alpha value is -1.29. The molecule has 1 fully saturated rings. The van der Waals surface area contributed by atoms with Crippen LogP contribution in [0.5, 0.6) is 5.75 Å². The van der Waals surface area contributed by atoms with Crippen LogP contribution in [0.1, 0.15) is 23.2 Å². The minimum atomic E-state index is -0.361. The number of aromatic hydroxyl groups is 1. The average molecular weight is 342 g/mol. The topological polar surface area (TPSA) is 64.3 Å². The van der Waals surface area contributed by atoms with Gasteiger partial charge in [0, 0.05) is 10.1 Å². The standard InChI is InChI=1S/C12H11IN2O2/c13-8-3-4-11(16)10(6-8)12(17)15-5-1-2-9(15)7-14/h3-4,6,9,16H,1-2,5H2. The van der Waals surface area contributed by atoms with Gasteiger partial charge in [0.05, 0.1) is 11.6 Å². The Morgan fingerprint density at radius 3 is 3.06 bits per heavy atom. The van der Waals surface area contributed by atoms with Crippen molar-refractivity contribution in [3.8, 4) is 11.8 Å². The van der Waals surface area contributed by atoms with E-state index in [-0.39, 0.29) is 23.3 Å². The number of phenols is 1. The zero-order valence-electron chi connectivity index (χ0n) is 9.06. The van der Waals surface area contributed by atoms with E-state index in [0.29, 0.717) is 13.0 Å². The highest BCUT2D eigenvalue weighted by Gasteiger charge is 2.30. The van der Waals surface area contributed by atoms with Crippen molar-refractivity contribution in [2.24, 2.45) is 0 Å². The van der Waals surface area contributed by atoms with Gasteiger partial charge >= 0.3 is 0 Å². The lowest BCUT2D eigenvalue weighted by atomic mass is 10.1. The summed E-state index contributed by atoms with van der Waals surface area (Å²) in [5.74, 6) is -0.288. The highest BCUT2D eigenvalue weighted by atomic mass is 127. The first-order valence-corrected chi connectivity index (χ1v) is 6.40. The van der Waals surface area contributed by atoms with Crippen LogP contribution in [-0.2, 0) is 0 Å². The van der Waals surface area contributed by atoms with Crippen molar-refractivity contribution in [3.05, 3.63) is 27.3 Å².